The van der Waals surface area contributed by atoms with Gasteiger partial charge in [-0.15, -0.1) is 0 Å². The number of aryl methyl sites for hydroxylation is 1. The summed E-state index contributed by atoms with van der Waals surface area (Å²) in [4.78, 5) is 27.4. The van der Waals surface area contributed by atoms with Crippen LogP contribution >= 0.6 is 15.9 Å². The van der Waals surface area contributed by atoms with Crippen molar-refractivity contribution in [3.8, 4) is 5.75 Å². The number of carbonyl (C=O) groups is 2. The summed E-state index contributed by atoms with van der Waals surface area (Å²) in [5.74, 6) is 0.290. The summed E-state index contributed by atoms with van der Waals surface area (Å²) in [6.07, 6.45) is 0. The lowest BCUT2D eigenvalue weighted by atomic mass is 10.0. The summed E-state index contributed by atoms with van der Waals surface area (Å²) >= 11 is 3.45. The lowest BCUT2D eigenvalue weighted by molar-refractivity contribution is -0.133. The van der Waals surface area contributed by atoms with Crippen molar-refractivity contribution in [1.29, 1.82) is 0 Å². The average Bonchev–Trinajstić information content (AvgIpc) is 2.65. The Labute approximate surface area is 175 Å². The zero-order valence-corrected chi connectivity index (χ0v) is 18.5. The average molecular weight is 447 g/mol. The summed E-state index contributed by atoms with van der Waals surface area (Å²) in [7, 11) is 3.34. The molecule has 0 heterocycles. The molecule has 0 radical (unpaired) electrons. The molecule has 0 aliphatic rings. The zero-order chi connectivity index (χ0) is 20.8. The lowest BCUT2D eigenvalue weighted by Crippen LogP contribution is -2.50. The molecule has 2 aromatic carbocycles. The van der Waals surface area contributed by atoms with Crippen LogP contribution in [-0.2, 0) is 11.3 Å². The lowest BCUT2D eigenvalue weighted by Gasteiger charge is -2.28. The molecule has 0 aliphatic carbocycles. The minimum atomic E-state index is -0.616. The first-order valence-corrected chi connectivity index (χ1v) is 9.97. The van der Waals surface area contributed by atoms with E-state index in [0.717, 1.165) is 15.6 Å². The maximum Gasteiger partial charge on any atom is 0.252 e. The molecule has 1 unspecified atom stereocenters. The number of methoxy groups -OCH3 is 1. The molecule has 0 spiro atoms. The van der Waals surface area contributed by atoms with Crippen LogP contribution in [0.5, 0.6) is 5.75 Å². The predicted octanol–water partition coefficient (Wildman–Crippen LogP) is 4.18. The van der Waals surface area contributed by atoms with E-state index in [-0.39, 0.29) is 17.7 Å². The molecule has 1 atom stereocenters. The van der Waals surface area contributed by atoms with E-state index in [1.807, 2.05) is 57.2 Å². The highest BCUT2D eigenvalue weighted by Gasteiger charge is 2.28. The molecule has 6 heteroatoms. The van der Waals surface area contributed by atoms with Gasteiger partial charge in [0.25, 0.3) is 5.91 Å². The molecular weight excluding hydrogens is 420 g/mol. The number of ether oxygens (including phenoxy) is 1. The van der Waals surface area contributed by atoms with Crippen molar-refractivity contribution in [2.24, 2.45) is 5.92 Å². The number of nitrogens with zero attached hydrogens (tertiary/aromatic N) is 1. The summed E-state index contributed by atoms with van der Waals surface area (Å²) in [5.41, 5.74) is 2.35. The van der Waals surface area contributed by atoms with E-state index in [0.29, 0.717) is 17.9 Å². The molecule has 0 saturated heterocycles. The van der Waals surface area contributed by atoms with Gasteiger partial charge in [-0.25, -0.2) is 0 Å². The van der Waals surface area contributed by atoms with E-state index in [9.17, 15) is 9.59 Å². The predicted molar refractivity (Wildman–Crippen MR) is 114 cm³/mol. The van der Waals surface area contributed by atoms with Gasteiger partial charge in [-0.05, 0) is 42.7 Å². The molecule has 0 saturated carbocycles. The fourth-order valence-corrected chi connectivity index (χ4v) is 3.41. The molecule has 28 heavy (non-hydrogen) atoms. The first-order chi connectivity index (χ1) is 13.2. The maximum atomic E-state index is 13.1. The fourth-order valence-electron chi connectivity index (χ4n) is 3.00. The van der Waals surface area contributed by atoms with Crippen molar-refractivity contribution in [3.05, 3.63) is 63.6 Å². The van der Waals surface area contributed by atoms with Gasteiger partial charge in [0.15, 0.2) is 0 Å². The molecule has 2 amide bonds. The number of rotatable bonds is 7. The Morgan fingerprint density at radius 2 is 1.86 bits per heavy atom. The van der Waals surface area contributed by atoms with Crippen LogP contribution in [0.15, 0.2) is 46.9 Å². The van der Waals surface area contributed by atoms with Gasteiger partial charge in [0, 0.05) is 29.2 Å². The molecule has 150 valence electrons. The highest BCUT2D eigenvalue weighted by molar-refractivity contribution is 9.10. The van der Waals surface area contributed by atoms with Gasteiger partial charge < -0.3 is 15.0 Å². The molecule has 0 bridgehead atoms. The normalized spacial score (nSPS) is 11.8. The van der Waals surface area contributed by atoms with E-state index in [1.54, 1.807) is 25.1 Å². The summed E-state index contributed by atoms with van der Waals surface area (Å²) in [5, 5.41) is 2.91. The first-order valence-electron chi connectivity index (χ1n) is 9.18. The second-order valence-electron chi connectivity index (χ2n) is 7.16. The van der Waals surface area contributed by atoms with Crippen LogP contribution in [0, 0.1) is 12.8 Å². The third-order valence-electron chi connectivity index (χ3n) is 4.64. The van der Waals surface area contributed by atoms with Crippen LogP contribution in [0.25, 0.3) is 0 Å². The third kappa shape index (κ3) is 5.35. The van der Waals surface area contributed by atoms with Gasteiger partial charge in [0.1, 0.15) is 11.8 Å². The standard InChI is InChI=1S/C22H27BrN2O3/c1-14(2)20(24-21(26)18-9-7-6-8-15(18)3)22(27)25(4)13-16-12-17(23)10-11-19(16)28-5/h6-12,14,20H,13H2,1-5H3,(H,24,26). The van der Waals surface area contributed by atoms with E-state index < -0.39 is 6.04 Å². The highest BCUT2D eigenvalue weighted by Crippen LogP contribution is 2.24. The largest absolute Gasteiger partial charge is 0.496 e. The molecule has 2 rings (SSSR count). The Bertz CT molecular complexity index is 851. The first kappa shape index (κ1) is 22.0. The summed E-state index contributed by atoms with van der Waals surface area (Å²) in [6, 6.07) is 12.4. The number of nitrogens with one attached hydrogen (secondary N) is 1. The number of halogens is 1. The van der Waals surface area contributed by atoms with Crippen LogP contribution < -0.4 is 10.1 Å². The fraction of sp³-hybridized carbons (Fsp3) is 0.364. The number of carbonyl (C=O) groups excluding carboxylic acids is 2. The van der Waals surface area contributed by atoms with Gasteiger partial charge in [0.05, 0.1) is 7.11 Å². The smallest absolute Gasteiger partial charge is 0.252 e. The van der Waals surface area contributed by atoms with Crippen molar-refractivity contribution < 1.29 is 14.3 Å². The number of likely N-dealkylation sites (N-methyl/N-ethyl adjacent to an activating group) is 1. The van der Waals surface area contributed by atoms with E-state index >= 15 is 0 Å². The van der Waals surface area contributed by atoms with Crippen molar-refractivity contribution >= 4 is 27.7 Å². The second kappa shape index (κ2) is 9.73. The second-order valence-corrected chi connectivity index (χ2v) is 8.08. The van der Waals surface area contributed by atoms with Crippen molar-refractivity contribution in [2.45, 2.75) is 33.4 Å². The molecule has 0 aromatic heterocycles. The van der Waals surface area contributed by atoms with Crippen LogP contribution in [0.4, 0.5) is 0 Å². The molecule has 0 aliphatic heterocycles. The topological polar surface area (TPSA) is 58.6 Å². The van der Waals surface area contributed by atoms with Gasteiger partial charge in [-0.3, -0.25) is 9.59 Å². The Morgan fingerprint density at radius 1 is 1.18 bits per heavy atom. The molecule has 1 N–H and O–H groups in total. The Morgan fingerprint density at radius 3 is 2.46 bits per heavy atom. The Kier molecular flexibility index (Phi) is 7.63. The highest BCUT2D eigenvalue weighted by atomic mass is 79.9. The zero-order valence-electron chi connectivity index (χ0n) is 17.0. The van der Waals surface area contributed by atoms with Gasteiger partial charge in [-0.2, -0.15) is 0 Å². The van der Waals surface area contributed by atoms with E-state index in [2.05, 4.69) is 21.2 Å². The summed E-state index contributed by atoms with van der Waals surface area (Å²) < 4.78 is 6.31. The number of amides is 2. The van der Waals surface area contributed by atoms with Crippen LogP contribution in [0.3, 0.4) is 0 Å². The van der Waals surface area contributed by atoms with Crippen LogP contribution in [0.1, 0.15) is 35.3 Å². The van der Waals surface area contributed by atoms with Gasteiger partial charge in [-0.1, -0.05) is 48.0 Å². The van der Waals surface area contributed by atoms with Crippen molar-refractivity contribution in [3.63, 3.8) is 0 Å². The Hall–Kier alpha value is -2.34. The minimum absolute atomic E-state index is 0.0488. The molecule has 5 nitrogen and oxygen atoms in total. The van der Waals surface area contributed by atoms with Crippen molar-refractivity contribution in [1.82, 2.24) is 10.2 Å². The minimum Gasteiger partial charge on any atom is -0.496 e. The SMILES string of the molecule is COc1ccc(Br)cc1CN(C)C(=O)C(NC(=O)c1ccccc1C)C(C)C. The molecular formula is C22H27BrN2O3. The number of benzene rings is 2. The number of hydrogen-bond acceptors (Lipinski definition) is 3. The van der Waals surface area contributed by atoms with E-state index in [1.165, 1.54) is 0 Å². The van der Waals surface area contributed by atoms with Crippen LogP contribution in [-0.4, -0.2) is 36.9 Å². The van der Waals surface area contributed by atoms with Gasteiger partial charge in [0.2, 0.25) is 5.91 Å². The third-order valence-corrected chi connectivity index (χ3v) is 5.13. The Balaban J connectivity index is 2.17. The maximum absolute atomic E-state index is 13.1. The number of hydrogen-bond donors (Lipinski definition) is 1. The quantitative estimate of drug-likeness (QED) is 0.693. The monoisotopic (exact) mass is 446 g/mol. The van der Waals surface area contributed by atoms with Crippen molar-refractivity contribution in [2.75, 3.05) is 14.2 Å². The molecule has 0 fully saturated rings. The van der Waals surface area contributed by atoms with E-state index in [4.69, 9.17) is 4.74 Å². The summed E-state index contributed by atoms with van der Waals surface area (Å²) in [6.45, 7) is 6.11. The van der Waals surface area contributed by atoms with Crippen LogP contribution in [0.2, 0.25) is 0 Å². The molecule has 2 aromatic rings. The van der Waals surface area contributed by atoms with Gasteiger partial charge >= 0.3 is 0 Å².